The van der Waals surface area contributed by atoms with E-state index in [-0.39, 0.29) is 75.4 Å². The number of aromatic nitrogens is 4. The number of aromatic hydroxyl groups is 4. The highest BCUT2D eigenvalue weighted by molar-refractivity contribution is 6.20. The fraction of sp³-hybridized carbons (Fsp3) is 0.333. The highest BCUT2D eigenvalue weighted by Gasteiger charge is 2.41. The third kappa shape index (κ3) is 21.4. The van der Waals surface area contributed by atoms with Crippen molar-refractivity contribution < 1.29 is 95.2 Å². The Hall–Kier alpha value is -15.3. The first-order valence-corrected chi connectivity index (χ1v) is 50.3. The predicted octanol–water partition coefficient (Wildman–Crippen LogP) is 19.8. The minimum Gasteiger partial charge on any atom is -0.507 e. The molecule has 149 heavy (non-hydrogen) atoms. The monoisotopic (exact) mass is 2020 g/mol. The molecule has 4 atom stereocenters. The lowest BCUT2D eigenvalue weighted by Gasteiger charge is -2.39. The van der Waals surface area contributed by atoms with Crippen LogP contribution in [-0.2, 0) is 18.9 Å². The van der Waals surface area contributed by atoms with Crippen LogP contribution >= 0.6 is 0 Å². The van der Waals surface area contributed by atoms with E-state index in [1.807, 2.05) is 190 Å². The first-order chi connectivity index (χ1) is 72.2. The number of phenolic OH excluding ortho intramolecular Hbond substituents is 4. The first kappa shape index (κ1) is 102. The normalized spacial score (nSPS) is 16.4. The molecule has 0 bridgehead atoms. The molecule has 4 N–H and O–H groups in total. The zero-order valence-electron chi connectivity index (χ0n) is 85.9. The molecule has 0 spiro atoms. The number of hydrogen-bond donors (Lipinski definition) is 4. The quantitative estimate of drug-likeness (QED) is 0.0322. The zero-order valence-corrected chi connectivity index (χ0v) is 85.9. The van der Waals surface area contributed by atoms with Crippen LogP contribution < -0.4 is 18.9 Å². The molecule has 32 heteroatoms. The second kappa shape index (κ2) is 44.4. The molecule has 22 rings (SSSR count). The van der Waals surface area contributed by atoms with E-state index in [0.29, 0.717) is 129 Å². The van der Waals surface area contributed by atoms with Crippen molar-refractivity contribution in [3.05, 3.63) is 293 Å². The highest BCUT2D eigenvalue weighted by atomic mass is 16.5. The molecule has 4 unspecified atom stereocenters. The fourth-order valence-electron chi connectivity index (χ4n) is 20.7. The molecule has 8 aromatic heterocycles. The van der Waals surface area contributed by atoms with Gasteiger partial charge in [0.2, 0.25) is 23.5 Å². The Labute approximate surface area is 862 Å². The molecule has 9 aromatic carbocycles. The Bertz CT molecular complexity index is 7540. The van der Waals surface area contributed by atoms with Gasteiger partial charge in [0.05, 0.1) is 65.3 Å². The number of carbonyl (C=O) groups is 4. The Balaban J connectivity index is 0.000000125. The third-order valence-electron chi connectivity index (χ3n) is 28.4. The van der Waals surface area contributed by atoms with Gasteiger partial charge in [0.1, 0.15) is 104 Å². The maximum atomic E-state index is 12.9. The Morgan fingerprint density at radius 1 is 0.349 bits per heavy atom. The van der Waals surface area contributed by atoms with E-state index >= 15 is 0 Å². The molecular formula is C117H124N12O20. The summed E-state index contributed by atoms with van der Waals surface area (Å²) in [5.41, 5.74) is 9.41. The van der Waals surface area contributed by atoms with E-state index < -0.39 is 29.9 Å². The minimum atomic E-state index is -0.523. The molecule has 1 saturated carbocycles. The third-order valence-corrected chi connectivity index (χ3v) is 28.4. The van der Waals surface area contributed by atoms with Crippen LogP contribution in [0, 0.1) is 5.41 Å². The number of nitrogens with zero attached hydrogens (tertiary/aromatic N) is 12. The molecule has 1 aliphatic carbocycles. The number of benzene rings is 9. The van der Waals surface area contributed by atoms with E-state index in [1.54, 1.807) is 24.8 Å². The van der Waals surface area contributed by atoms with Gasteiger partial charge in [-0.2, -0.15) is 0 Å². The number of fused-ring (bicyclic) bond motifs is 12. The van der Waals surface area contributed by atoms with Gasteiger partial charge in [-0.1, -0.05) is 136 Å². The maximum absolute atomic E-state index is 12.9. The topological polar surface area (TPSA) is 353 Å². The van der Waals surface area contributed by atoms with Gasteiger partial charge < -0.3 is 95.6 Å². The first-order valence-electron chi connectivity index (χ1n) is 50.3. The molecule has 0 amide bonds. The summed E-state index contributed by atoms with van der Waals surface area (Å²) in [5.74, 6) is 1.16. The summed E-state index contributed by atoms with van der Waals surface area (Å²) in [7, 11) is 13.8. The standard InChI is InChI=1S/C31H29N3O5.C30H35N3O5.C28H29N3O5.C28H31N3O5/c1-33-14-16-34(17-15-33)28(20-12-13-32-25(18-20)39-21-8-4-3-5-9-21)27-26-24(31(36)37-2)19-38-30(26)23-11-7-6-10-22(23)29(27)35;1-30(2,3)18-38-23-16-19(10-11-31-23)26(33-14-12-32(4)13-15-33)25-24-22(29(35)36-5)17-37-28(24)21-9-7-6-8-20(21)27(25)34;1-30-11-13-31(14-12-30)25(17-9-10-29-22(15-17)36-18-7-8-18)24-23-21(28(33)34-2)16-35-27(23)20-6-4-3-5-19(20)26(24)32;1-17(2)36-22-15-18(9-10-29-22)25(31-13-11-30(3)12-14-31)24-23-21(28(33)34-4)16-35-27(23)20-8-6-5-7-19(20)26(24)32/h3-13,18-19,28,35H,14-17H2,1-2H3;6-11,16-17,26,34H,12-15,18H2,1-5H3;3-6,9-10,15-16,18,25,32H,7-8,11-14H2,1-2H3;5-10,15-17,25,32H,11-14H2,1-4H3. The van der Waals surface area contributed by atoms with Crippen LogP contribution in [0.1, 0.15) is 158 Å². The van der Waals surface area contributed by atoms with Crippen LogP contribution in [0.3, 0.4) is 0 Å². The lowest BCUT2D eigenvalue weighted by molar-refractivity contribution is 0.0592. The summed E-state index contributed by atoms with van der Waals surface area (Å²) in [6.45, 7) is 24.0. The molecule has 32 nitrogen and oxygen atoms in total. The van der Waals surface area contributed by atoms with Gasteiger partial charge in [0, 0.05) is 241 Å². The van der Waals surface area contributed by atoms with Gasteiger partial charge in [-0.25, -0.2) is 39.1 Å². The maximum Gasteiger partial charge on any atom is 0.341 e. The zero-order chi connectivity index (χ0) is 104. The summed E-state index contributed by atoms with van der Waals surface area (Å²) in [4.78, 5) is 87.6. The van der Waals surface area contributed by atoms with E-state index in [9.17, 15) is 39.6 Å². The summed E-state index contributed by atoms with van der Waals surface area (Å²) < 4.78 is 68.4. The van der Waals surface area contributed by atoms with Gasteiger partial charge >= 0.3 is 23.9 Å². The van der Waals surface area contributed by atoms with Crippen LogP contribution in [0.5, 0.6) is 52.3 Å². The number of para-hydroxylation sites is 1. The van der Waals surface area contributed by atoms with E-state index in [2.05, 4.69) is 108 Å². The number of likely N-dealkylation sites (N-methyl/N-ethyl adjacent to an activating group) is 4. The largest absolute Gasteiger partial charge is 0.507 e. The number of methoxy groups -OCH3 is 4. The van der Waals surface area contributed by atoms with Crippen molar-refractivity contribution >= 4 is 111 Å². The number of pyridine rings is 4. The summed E-state index contributed by atoms with van der Waals surface area (Å²) in [6, 6.07) is 53.6. The van der Waals surface area contributed by atoms with Crippen LogP contribution in [0.4, 0.5) is 0 Å². The SMILES string of the molecule is COC(=O)c1coc2c1c(C(c1ccnc(OC(C)C)c1)N1CCN(C)CC1)c(O)c1ccccc12.COC(=O)c1coc2c1c(C(c1ccnc(OC3CC3)c1)N1CCN(C)CC1)c(O)c1ccccc12.COC(=O)c1coc2c1c(C(c1ccnc(OCC(C)(C)C)c1)N1CCN(C)CC1)c(O)c1ccccc12.COC(=O)c1coc2c1c(C(c1ccnc(Oc3ccccc3)c1)N1CCN(C)CC1)c(O)c1ccccc12. The molecule has 772 valence electrons. The average molecular weight is 2020 g/mol. The smallest absolute Gasteiger partial charge is 0.341 e. The van der Waals surface area contributed by atoms with Crippen molar-refractivity contribution in [3.8, 4) is 52.3 Å². The lowest BCUT2D eigenvalue weighted by Crippen LogP contribution is -2.46. The van der Waals surface area contributed by atoms with Gasteiger partial charge in [0.15, 0.2) is 0 Å². The van der Waals surface area contributed by atoms with Gasteiger partial charge in [-0.15, -0.1) is 0 Å². The number of ether oxygens (including phenoxy) is 8. The van der Waals surface area contributed by atoms with E-state index in [1.165, 1.54) is 53.5 Å². The molecule has 12 heterocycles. The molecule has 17 aromatic rings. The number of esters is 4. The minimum absolute atomic E-state index is 0.0243. The molecule has 4 aliphatic heterocycles. The number of hydrogen-bond acceptors (Lipinski definition) is 32. The van der Waals surface area contributed by atoms with Crippen molar-refractivity contribution in [2.75, 3.05) is 168 Å². The fourth-order valence-corrected chi connectivity index (χ4v) is 20.7. The van der Waals surface area contributed by atoms with Crippen LogP contribution in [-0.4, -0.2) is 284 Å². The second-order valence-electron chi connectivity index (χ2n) is 40.0. The Morgan fingerprint density at radius 2 is 0.611 bits per heavy atom. The molecular weight excluding hydrogens is 1890 g/mol. The van der Waals surface area contributed by atoms with Crippen molar-refractivity contribution in [1.29, 1.82) is 0 Å². The molecule has 4 saturated heterocycles. The average Bonchev–Trinajstić information content (AvgIpc) is 1.72. The highest BCUT2D eigenvalue weighted by Crippen LogP contribution is 2.54. The number of carbonyl (C=O) groups excluding carboxylic acids is 4. The van der Waals surface area contributed by atoms with Gasteiger partial charge in [-0.3, -0.25) is 19.6 Å². The number of piperazine rings is 4. The van der Waals surface area contributed by atoms with Crippen molar-refractivity contribution in [2.45, 2.75) is 83.8 Å². The summed E-state index contributed by atoms with van der Waals surface area (Å²) in [5, 5.41) is 55.2. The summed E-state index contributed by atoms with van der Waals surface area (Å²) in [6.07, 6.45) is 14.9. The second-order valence-corrected chi connectivity index (χ2v) is 40.0. The van der Waals surface area contributed by atoms with Crippen molar-refractivity contribution in [1.82, 2.24) is 59.1 Å². The van der Waals surface area contributed by atoms with Crippen LogP contribution in [0.2, 0.25) is 0 Å². The van der Waals surface area contributed by atoms with Gasteiger partial charge in [0.25, 0.3) is 0 Å². The van der Waals surface area contributed by atoms with E-state index in [4.69, 9.17) is 55.6 Å². The number of phenols is 4. The molecule has 5 fully saturated rings. The van der Waals surface area contributed by atoms with E-state index in [0.717, 1.165) is 161 Å². The molecule has 0 radical (unpaired) electrons. The van der Waals surface area contributed by atoms with Gasteiger partial charge in [-0.05, 0) is 119 Å². The molecule has 5 aliphatic rings. The van der Waals surface area contributed by atoms with Crippen LogP contribution in [0.25, 0.3) is 87.0 Å². The lowest BCUT2D eigenvalue weighted by atomic mass is 9.89. The number of furan rings is 4. The summed E-state index contributed by atoms with van der Waals surface area (Å²) >= 11 is 0. The number of rotatable bonds is 24. The van der Waals surface area contributed by atoms with Crippen molar-refractivity contribution in [3.63, 3.8) is 0 Å². The van der Waals surface area contributed by atoms with Crippen molar-refractivity contribution in [2.24, 2.45) is 5.41 Å². The Morgan fingerprint density at radius 3 is 0.899 bits per heavy atom. The van der Waals surface area contributed by atoms with Crippen LogP contribution in [0.15, 0.2) is 243 Å². The predicted molar refractivity (Wildman–Crippen MR) is 568 cm³/mol. The Kier molecular flexibility index (Phi) is 30.5.